The maximum Gasteiger partial charge on any atom is 0.344 e. The summed E-state index contributed by atoms with van der Waals surface area (Å²) in [6, 6.07) is 23.3. The van der Waals surface area contributed by atoms with Crippen molar-refractivity contribution in [1.82, 2.24) is 4.90 Å². The minimum Gasteiger partial charge on any atom is -0.497 e. The number of carbonyl (C=O) groups excluding carboxylic acids is 1. The minimum absolute atomic E-state index is 0.138. The Hall–Kier alpha value is -3.86. The topological polar surface area (TPSA) is 59.8 Å². The molecule has 5 heteroatoms. The van der Waals surface area contributed by atoms with Crippen LogP contribution >= 0.6 is 0 Å². The first-order chi connectivity index (χ1) is 17.2. The summed E-state index contributed by atoms with van der Waals surface area (Å²) in [5.41, 5.74) is 3.28. The van der Waals surface area contributed by atoms with Crippen molar-refractivity contribution in [3.8, 4) is 17.1 Å². The maximum absolute atomic E-state index is 14.2. The van der Waals surface area contributed by atoms with Gasteiger partial charge in [-0.1, -0.05) is 54.6 Å². The number of amides is 1. The van der Waals surface area contributed by atoms with Crippen LogP contribution in [0.25, 0.3) is 22.1 Å². The molecule has 1 fully saturated rings. The van der Waals surface area contributed by atoms with Gasteiger partial charge < -0.3 is 14.1 Å². The summed E-state index contributed by atoms with van der Waals surface area (Å²) in [4.78, 5) is 29.3. The minimum atomic E-state index is -0.415. The number of likely N-dealkylation sites (tertiary alicyclic amines) is 1. The van der Waals surface area contributed by atoms with Crippen LogP contribution < -0.4 is 10.4 Å². The van der Waals surface area contributed by atoms with Gasteiger partial charge >= 0.3 is 5.63 Å². The Morgan fingerprint density at radius 1 is 0.886 bits per heavy atom. The first kappa shape index (κ1) is 21.7. The van der Waals surface area contributed by atoms with Crippen molar-refractivity contribution in [2.45, 2.75) is 31.1 Å². The maximum atomic E-state index is 14.2. The quantitative estimate of drug-likeness (QED) is 0.389. The largest absolute Gasteiger partial charge is 0.497 e. The molecule has 176 valence electrons. The van der Waals surface area contributed by atoms with Crippen molar-refractivity contribution in [3.63, 3.8) is 0 Å². The molecule has 5 nitrogen and oxygen atoms in total. The lowest BCUT2D eigenvalue weighted by molar-refractivity contribution is -0.134. The lowest BCUT2D eigenvalue weighted by Crippen LogP contribution is -2.41. The van der Waals surface area contributed by atoms with Gasteiger partial charge in [0.15, 0.2) is 0 Å². The first-order valence-corrected chi connectivity index (χ1v) is 12.2. The van der Waals surface area contributed by atoms with E-state index >= 15 is 0 Å². The summed E-state index contributed by atoms with van der Waals surface area (Å²) >= 11 is 0. The molecule has 35 heavy (non-hydrogen) atoms. The summed E-state index contributed by atoms with van der Waals surface area (Å²) in [5.74, 6) is 0.746. The van der Waals surface area contributed by atoms with Gasteiger partial charge in [0.1, 0.15) is 11.5 Å². The van der Waals surface area contributed by atoms with Gasteiger partial charge in [-0.05, 0) is 54.0 Å². The number of hydrogen-bond donors (Lipinski definition) is 0. The molecular weight excluding hydrogens is 438 g/mol. The summed E-state index contributed by atoms with van der Waals surface area (Å²) in [5, 5.41) is 1.37. The van der Waals surface area contributed by atoms with Crippen LogP contribution in [-0.2, 0) is 4.79 Å². The number of piperidine rings is 1. The predicted octanol–water partition coefficient (Wildman–Crippen LogP) is 5.71. The smallest absolute Gasteiger partial charge is 0.344 e. The molecule has 1 amide bonds. The van der Waals surface area contributed by atoms with Crippen LogP contribution in [0.4, 0.5) is 0 Å². The Labute approximate surface area is 204 Å². The first-order valence-electron chi connectivity index (χ1n) is 12.2. The van der Waals surface area contributed by atoms with E-state index in [1.165, 1.54) is 0 Å². The zero-order chi connectivity index (χ0) is 23.9. The molecule has 1 aliphatic heterocycles. The highest BCUT2D eigenvalue weighted by Gasteiger charge is 2.43. The van der Waals surface area contributed by atoms with Crippen molar-refractivity contribution < 1.29 is 13.9 Å². The molecule has 0 spiro atoms. The average molecular weight is 466 g/mol. The molecular formula is C30H27NO4. The molecule has 2 heterocycles. The Bertz CT molecular complexity index is 1460. The third kappa shape index (κ3) is 3.54. The van der Waals surface area contributed by atoms with Gasteiger partial charge in [0.05, 0.1) is 18.4 Å². The van der Waals surface area contributed by atoms with Crippen LogP contribution in [0.3, 0.4) is 0 Å². The van der Waals surface area contributed by atoms with Crippen LogP contribution in [0.5, 0.6) is 5.75 Å². The van der Waals surface area contributed by atoms with Crippen LogP contribution in [0.1, 0.15) is 47.8 Å². The normalized spacial score (nSPS) is 19.2. The molecule has 2 atom stereocenters. The Morgan fingerprint density at radius 2 is 1.57 bits per heavy atom. The molecule has 0 N–H and O–H groups in total. The fourth-order valence-electron chi connectivity index (χ4n) is 5.81. The van der Waals surface area contributed by atoms with Gasteiger partial charge in [0.25, 0.3) is 0 Å². The highest BCUT2D eigenvalue weighted by Crippen LogP contribution is 2.52. The second-order valence-corrected chi connectivity index (χ2v) is 9.38. The number of benzene rings is 3. The van der Waals surface area contributed by atoms with E-state index in [1.807, 2.05) is 71.6 Å². The molecule has 0 bridgehead atoms. The SMILES string of the molecule is COc1ccc(C2c3c(oc(=O)c4ccccc34)-c3ccccc3C2C(=O)N2CCCCC2)cc1. The summed E-state index contributed by atoms with van der Waals surface area (Å²) in [7, 11) is 1.64. The number of fused-ring (bicyclic) bond motifs is 5. The lowest BCUT2D eigenvalue weighted by Gasteiger charge is -2.38. The summed E-state index contributed by atoms with van der Waals surface area (Å²) in [6.45, 7) is 1.56. The van der Waals surface area contributed by atoms with Crippen LogP contribution in [-0.4, -0.2) is 31.0 Å². The fraction of sp³-hybridized carbons (Fsp3) is 0.267. The molecule has 3 aromatic carbocycles. The van der Waals surface area contributed by atoms with Gasteiger partial charge in [0.2, 0.25) is 5.91 Å². The summed E-state index contributed by atoms with van der Waals surface area (Å²) < 4.78 is 11.4. The van der Waals surface area contributed by atoms with Gasteiger partial charge in [-0.25, -0.2) is 4.79 Å². The Morgan fingerprint density at radius 3 is 2.31 bits per heavy atom. The number of ether oxygens (including phenoxy) is 1. The standard InChI is InChI=1S/C30H27NO4/c1-34-20-15-13-19(14-16-20)25-26-22-10-4-6-12-24(22)30(33)35-28(26)23-11-5-3-9-21(23)27(25)29(32)31-17-7-2-8-18-31/h3-6,9-16,25,27H,2,7-8,17-18H2,1H3. The molecule has 0 radical (unpaired) electrons. The van der Waals surface area contributed by atoms with Crippen molar-refractivity contribution in [3.05, 3.63) is 99.9 Å². The van der Waals surface area contributed by atoms with Crippen molar-refractivity contribution in [1.29, 1.82) is 0 Å². The van der Waals surface area contributed by atoms with Crippen LogP contribution in [0.2, 0.25) is 0 Å². The molecule has 6 rings (SSSR count). The molecule has 1 saturated heterocycles. The molecule has 2 aliphatic rings. The van der Waals surface area contributed by atoms with E-state index < -0.39 is 5.92 Å². The summed E-state index contributed by atoms with van der Waals surface area (Å²) in [6.07, 6.45) is 3.22. The third-order valence-electron chi connectivity index (χ3n) is 7.47. The van der Waals surface area contributed by atoms with Crippen molar-refractivity contribution >= 4 is 16.7 Å². The van der Waals surface area contributed by atoms with E-state index in [1.54, 1.807) is 13.2 Å². The monoisotopic (exact) mass is 465 g/mol. The number of nitrogens with zero attached hydrogens (tertiary/aromatic N) is 1. The van der Waals surface area contributed by atoms with Gasteiger partial charge in [-0.3, -0.25) is 4.79 Å². The Kier molecular flexibility index (Phi) is 5.40. The predicted molar refractivity (Wildman–Crippen MR) is 136 cm³/mol. The average Bonchev–Trinajstić information content (AvgIpc) is 2.93. The lowest BCUT2D eigenvalue weighted by atomic mass is 9.69. The van der Waals surface area contributed by atoms with E-state index in [0.717, 1.165) is 65.7 Å². The second-order valence-electron chi connectivity index (χ2n) is 9.38. The zero-order valence-corrected chi connectivity index (χ0v) is 19.7. The molecule has 2 unspecified atom stereocenters. The fourth-order valence-corrected chi connectivity index (χ4v) is 5.81. The molecule has 1 aromatic heterocycles. The van der Waals surface area contributed by atoms with E-state index in [2.05, 4.69) is 0 Å². The highest BCUT2D eigenvalue weighted by molar-refractivity contribution is 5.97. The van der Waals surface area contributed by atoms with Crippen LogP contribution in [0.15, 0.2) is 82.0 Å². The highest BCUT2D eigenvalue weighted by atomic mass is 16.5. The van der Waals surface area contributed by atoms with E-state index in [-0.39, 0.29) is 17.5 Å². The third-order valence-corrected chi connectivity index (χ3v) is 7.47. The zero-order valence-electron chi connectivity index (χ0n) is 19.7. The van der Waals surface area contributed by atoms with Crippen molar-refractivity contribution in [2.75, 3.05) is 20.2 Å². The molecule has 4 aromatic rings. The van der Waals surface area contributed by atoms with Crippen LogP contribution in [0, 0.1) is 0 Å². The van der Waals surface area contributed by atoms with E-state index in [0.29, 0.717) is 11.1 Å². The van der Waals surface area contributed by atoms with Gasteiger partial charge in [0, 0.05) is 30.1 Å². The Balaban J connectivity index is 1.66. The van der Waals surface area contributed by atoms with Crippen molar-refractivity contribution in [2.24, 2.45) is 0 Å². The number of methoxy groups -OCH3 is 1. The molecule has 1 aliphatic carbocycles. The van der Waals surface area contributed by atoms with Gasteiger partial charge in [-0.2, -0.15) is 0 Å². The second kappa shape index (κ2) is 8.73. The number of rotatable bonds is 3. The van der Waals surface area contributed by atoms with E-state index in [4.69, 9.17) is 9.15 Å². The number of hydrogen-bond acceptors (Lipinski definition) is 4. The van der Waals surface area contributed by atoms with Gasteiger partial charge in [-0.15, -0.1) is 0 Å². The van der Waals surface area contributed by atoms with E-state index in [9.17, 15) is 9.59 Å². The molecule has 0 saturated carbocycles. The number of carbonyl (C=O) groups is 1.